The lowest BCUT2D eigenvalue weighted by Gasteiger charge is -2.08. The first-order valence-electron chi connectivity index (χ1n) is 5.50. The molecule has 0 aliphatic rings. The van der Waals surface area contributed by atoms with E-state index in [1.165, 1.54) is 43.8 Å². The molecule has 100 valence electrons. The van der Waals surface area contributed by atoms with Crippen molar-refractivity contribution in [2.75, 3.05) is 7.11 Å². The number of pyridine rings is 1. The molecular formula is C13H9N3O4. The zero-order valence-electron chi connectivity index (χ0n) is 10.4. The van der Waals surface area contributed by atoms with Crippen molar-refractivity contribution in [1.29, 1.82) is 5.26 Å². The van der Waals surface area contributed by atoms with Crippen LogP contribution in [-0.4, -0.2) is 17.0 Å². The third-order valence-corrected chi connectivity index (χ3v) is 2.49. The van der Waals surface area contributed by atoms with Gasteiger partial charge in [-0.05, 0) is 18.2 Å². The fourth-order valence-corrected chi connectivity index (χ4v) is 1.53. The summed E-state index contributed by atoms with van der Waals surface area (Å²) >= 11 is 0. The van der Waals surface area contributed by atoms with Gasteiger partial charge in [0.1, 0.15) is 11.8 Å². The maximum Gasteiger partial charge on any atom is 0.315 e. The Bertz CT molecular complexity index is 694. The van der Waals surface area contributed by atoms with Crippen LogP contribution in [0.15, 0.2) is 36.7 Å². The Hall–Kier alpha value is -3.14. The Kier molecular flexibility index (Phi) is 3.77. The molecule has 0 amide bonds. The van der Waals surface area contributed by atoms with Crippen LogP contribution in [0.3, 0.4) is 0 Å². The Morgan fingerprint density at radius 1 is 1.35 bits per heavy atom. The van der Waals surface area contributed by atoms with E-state index >= 15 is 0 Å². The summed E-state index contributed by atoms with van der Waals surface area (Å²) in [6, 6.07) is 7.58. The van der Waals surface area contributed by atoms with Crippen molar-refractivity contribution < 1.29 is 14.4 Å². The molecule has 7 heteroatoms. The number of hydrogen-bond acceptors (Lipinski definition) is 6. The van der Waals surface area contributed by atoms with Gasteiger partial charge in [-0.25, -0.2) is 0 Å². The second kappa shape index (κ2) is 5.67. The van der Waals surface area contributed by atoms with E-state index in [1.807, 2.05) is 6.07 Å². The molecule has 7 nitrogen and oxygen atoms in total. The monoisotopic (exact) mass is 271 g/mol. The highest BCUT2D eigenvalue weighted by molar-refractivity contribution is 5.54. The largest absolute Gasteiger partial charge is 0.496 e. The summed E-state index contributed by atoms with van der Waals surface area (Å²) in [6.45, 7) is 0. The zero-order chi connectivity index (χ0) is 14.5. The van der Waals surface area contributed by atoms with Crippen molar-refractivity contribution in [2.45, 2.75) is 0 Å². The fourth-order valence-electron chi connectivity index (χ4n) is 1.53. The van der Waals surface area contributed by atoms with E-state index in [4.69, 9.17) is 14.7 Å². The molecule has 0 aliphatic heterocycles. The number of methoxy groups -OCH3 is 1. The third kappa shape index (κ3) is 2.64. The maximum absolute atomic E-state index is 11.0. The van der Waals surface area contributed by atoms with E-state index in [1.54, 1.807) is 0 Å². The van der Waals surface area contributed by atoms with E-state index in [2.05, 4.69) is 4.98 Å². The van der Waals surface area contributed by atoms with Gasteiger partial charge < -0.3 is 9.47 Å². The second-order valence-corrected chi connectivity index (χ2v) is 3.68. The lowest BCUT2D eigenvalue weighted by atomic mass is 10.2. The smallest absolute Gasteiger partial charge is 0.315 e. The zero-order valence-corrected chi connectivity index (χ0v) is 10.4. The highest BCUT2D eigenvalue weighted by Gasteiger charge is 2.18. The summed E-state index contributed by atoms with van der Waals surface area (Å²) < 4.78 is 10.3. The molecular weight excluding hydrogens is 262 g/mol. The number of rotatable bonds is 4. The van der Waals surface area contributed by atoms with Gasteiger partial charge in [0.2, 0.25) is 5.75 Å². The number of nitriles is 1. The molecule has 1 aromatic heterocycles. The highest BCUT2D eigenvalue weighted by Crippen LogP contribution is 2.35. The summed E-state index contributed by atoms with van der Waals surface area (Å²) in [6.07, 6.45) is 2.76. The first-order valence-corrected chi connectivity index (χ1v) is 5.50. The van der Waals surface area contributed by atoms with E-state index < -0.39 is 4.92 Å². The minimum Gasteiger partial charge on any atom is -0.496 e. The van der Waals surface area contributed by atoms with Crippen molar-refractivity contribution in [3.8, 4) is 23.3 Å². The van der Waals surface area contributed by atoms with Crippen molar-refractivity contribution in [1.82, 2.24) is 4.98 Å². The second-order valence-electron chi connectivity index (χ2n) is 3.68. The van der Waals surface area contributed by atoms with Crippen LogP contribution >= 0.6 is 0 Å². The summed E-state index contributed by atoms with van der Waals surface area (Å²) in [4.78, 5) is 14.3. The Labute approximate surface area is 114 Å². The number of nitro benzene ring substituents is 1. The average Bonchev–Trinajstić information content (AvgIpc) is 2.48. The van der Waals surface area contributed by atoms with E-state index in [-0.39, 0.29) is 22.7 Å². The maximum atomic E-state index is 11.0. The molecule has 0 saturated carbocycles. The van der Waals surface area contributed by atoms with Gasteiger partial charge >= 0.3 is 5.69 Å². The number of aromatic nitrogens is 1. The molecule has 1 heterocycles. The lowest BCUT2D eigenvalue weighted by molar-refractivity contribution is -0.385. The van der Waals surface area contributed by atoms with E-state index in [9.17, 15) is 10.1 Å². The number of nitro groups is 1. The van der Waals surface area contributed by atoms with Gasteiger partial charge in [0.15, 0.2) is 5.75 Å². The van der Waals surface area contributed by atoms with E-state index in [0.717, 1.165) is 0 Å². The van der Waals surface area contributed by atoms with Crippen LogP contribution in [0.25, 0.3) is 0 Å². The molecule has 0 spiro atoms. The summed E-state index contributed by atoms with van der Waals surface area (Å²) in [5, 5.41) is 20.0. The highest BCUT2D eigenvalue weighted by atomic mass is 16.6. The first-order chi connectivity index (χ1) is 9.65. The minimum absolute atomic E-state index is 0.0142. The average molecular weight is 271 g/mol. The predicted molar refractivity (Wildman–Crippen MR) is 68.7 cm³/mol. The Morgan fingerprint density at radius 2 is 2.15 bits per heavy atom. The van der Waals surface area contributed by atoms with Crippen LogP contribution in [0.1, 0.15) is 5.56 Å². The number of benzene rings is 1. The van der Waals surface area contributed by atoms with Gasteiger partial charge in [0.05, 0.1) is 29.9 Å². The normalized spacial score (nSPS) is 9.60. The summed E-state index contributed by atoms with van der Waals surface area (Å²) in [5.74, 6) is 0.513. The Balaban J connectivity index is 2.43. The molecule has 0 radical (unpaired) electrons. The molecule has 0 bridgehead atoms. The van der Waals surface area contributed by atoms with Crippen LogP contribution in [0.5, 0.6) is 17.2 Å². The van der Waals surface area contributed by atoms with Crippen molar-refractivity contribution in [2.24, 2.45) is 0 Å². The number of nitrogens with zero attached hydrogens (tertiary/aromatic N) is 3. The lowest BCUT2D eigenvalue weighted by Crippen LogP contribution is -1.96. The van der Waals surface area contributed by atoms with Gasteiger partial charge in [-0.2, -0.15) is 5.26 Å². The standard InChI is InChI=1S/C13H9N3O4/c1-19-10-2-3-12(11(6-10)16(17)18)20-13-8-15-5-4-9(13)7-14/h2-6,8H,1H3. The van der Waals surface area contributed by atoms with Crippen LogP contribution in [0.4, 0.5) is 5.69 Å². The summed E-state index contributed by atoms with van der Waals surface area (Å²) in [7, 11) is 1.41. The minimum atomic E-state index is -0.583. The molecule has 0 atom stereocenters. The Morgan fingerprint density at radius 3 is 2.80 bits per heavy atom. The molecule has 0 fully saturated rings. The van der Waals surface area contributed by atoms with Crippen LogP contribution in [0, 0.1) is 21.4 Å². The number of hydrogen-bond donors (Lipinski definition) is 0. The molecule has 0 unspecified atom stereocenters. The van der Waals surface area contributed by atoms with Crippen LogP contribution < -0.4 is 9.47 Å². The molecule has 2 rings (SSSR count). The summed E-state index contributed by atoms with van der Waals surface area (Å²) in [5.41, 5.74) is -0.0118. The first kappa shape index (κ1) is 13.3. The van der Waals surface area contributed by atoms with Crippen molar-refractivity contribution >= 4 is 5.69 Å². The SMILES string of the molecule is COc1ccc(Oc2cnccc2C#N)c([N+](=O)[O-])c1. The third-order valence-electron chi connectivity index (χ3n) is 2.49. The molecule has 1 aromatic carbocycles. The van der Waals surface area contributed by atoms with Gasteiger partial charge in [0.25, 0.3) is 0 Å². The van der Waals surface area contributed by atoms with Crippen molar-refractivity contribution in [3.05, 3.63) is 52.3 Å². The fraction of sp³-hybridized carbons (Fsp3) is 0.0769. The predicted octanol–water partition coefficient (Wildman–Crippen LogP) is 2.66. The molecule has 0 saturated heterocycles. The van der Waals surface area contributed by atoms with Crippen LogP contribution in [0.2, 0.25) is 0 Å². The quantitative estimate of drug-likeness (QED) is 0.626. The van der Waals surface area contributed by atoms with Gasteiger partial charge in [-0.15, -0.1) is 0 Å². The number of ether oxygens (including phenoxy) is 2. The van der Waals surface area contributed by atoms with Crippen LogP contribution in [-0.2, 0) is 0 Å². The molecule has 20 heavy (non-hydrogen) atoms. The molecule has 0 N–H and O–H groups in total. The molecule has 2 aromatic rings. The van der Waals surface area contributed by atoms with Gasteiger partial charge in [-0.3, -0.25) is 15.1 Å². The topological polar surface area (TPSA) is 98.3 Å². The van der Waals surface area contributed by atoms with Gasteiger partial charge in [0, 0.05) is 6.20 Å². The van der Waals surface area contributed by atoms with Gasteiger partial charge in [-0.1, -0.05) is 0 Å². The molecule has 0 aliphatic carbocycles. The van der Waals surface area contributed by atoms with E-state index in [0.29, 0.717) is 5.75 Å². The van der Waals surface area contributed by atoms with Crippen molar-refractivity contribution in [3.63, 3.8) is 0 Å².